The quantitative estimate of drug-likeness (QED) is 0.533. The third-order valence-corrected chi connectivity index (χ3v) is 5.92. The van der Waals surface area contributed by atoms with Crippen molar-refractivity contribution in [3.05, 3.63) is 40.4 Å². The Labute approximate surface area is 163 Å². The topological polar surface area (TPSA) is 52.8 Å². The normalized spacial score (nSPS) is 19.3. The molecule has 1 aliphatic heterocycles. The maximum atomic E-state index is 5.60. The summed E-state index contributed by atoms with van der Waals surface area (Å²) in [5.74, 6) is 1.76. The average Bonchev–Trinajstić information content (AvgIpc) is 3.26. The van der Waals surface area contributed by atoms with E-state index in [2.05, 4.69) is 23.1 Å². The summed E-state index contributed by atoms with van der Waals surface area (Å²) in [6, 6.07) is 6.35. The first-order valence-electron chi connectivity index (χ1n) is 8.65. The van der Waals surface area contributed by atoms with Gasteiger partial charge in [0.25, 0.3) is 0 Å². The first-order chi connectivity index (χ1) is 12.7. The molecule has 1 fully saturated rings. The first-order valence-corrected chi connectivity index (χ1v) is 9.88. The van der Waals surface area contributed by atoms with E-state index in [9.17, 15) is 0 Å². The van der Waals surface area contributed by atoms with Crippen LogP contribution in [-0.2, 0) is 6.67 Å². The van der Waals surface area contributed by atoms with Crippen molar-refractivity contribution in [1.29, 1.82) is 0 Å². The van der Waals surface area contributed by atoms with E-state index in [0.717, 1.165) is 40.2 Å². The second kappa shape index (κ2) is 8.66. The van der Waals surface area contributed by atoms with Gasteiger partial charge in [0.2, 0.25) is 5.13 Å². The molecular formula is C18H25N4O2S2+. The van der Waals surface area contributed by atoms with Crippen LogP contribution >= 0.6 is 23.6 Å². The van der Waals surface area contributed by atoms with Crippen LogP contribution in [0.1, 0.15) is 24.4 Å². The van der Waals surface area contributed by atoms with Crippen LogP contribution in [0.2, 0.25) is 0 Å². The predicted octanol–water partition coefficient (Wildman–Crippen LogP) is 2.67. The van der Waals surface area contributed by atoms with Crippen molar-refractivity contribution in [1.82, 2.24) is 9.78 Å². The minimum atomic E-state index is 0.341. The van der Waals surface area contributed by atoms with E-state index < -0.39 is 0 Å². The van der Waals surface area contributed by atoms with Crippen LogP contribution in [0.4, 0.5) is 5.13 Å². The number of aromatic nitrogens is 2. The van der Waals surface area contributed by atoms with Crippen molar-refractivity contribution in [3.63, 3.8) is 0 Å². The zero-order valence-electron chi connectivity index (χ0n) is 15.2. The Balaban J connectivity index is 1.82. The highest BCUT2D eigenvalue weighted by Crippen LogP contribution is 2.31. The molecule has 2 N–H and O–H groups in total. The lowest BCUT2D eigenvalue weighted by molar-refractivity contribution is -0.941. The van der Waals surface area contributed by atoms with Crippen LogP contribution in [0.15, 0.2) is 30.9 Å². The van der Waals surface area contributed by atoms with Gasteiger partial charge in [-0.15, -0.1) is 11.7 Å². The molecule has 2 atom stereocenters. The summed E-state index contributed by atoms with van der Waals surface area (Å²) in [6.45, 7) is 6.23. The smallest absolute Gasteiger partial charge is 0.205 e. The minimum absolute atomic E-state index is 0.341. The van der Waals surface area contributed by atoms with Crippen molar-refractivity contribution < 1.29 is 14.4 Å². The van der Waals surface area contributed by atoms with Crippen molar-refractivity contribution >= 4 is 28.7 Å². The summed E-state index contributed by atoms with van der Waals surface area (Å²) < 4.78 is 13.7. The molecule has 1 unspecified atom stereocenters. The van der Waals surface area contributed by atoms with Crippen molar-refractivity contribution in [2.24, 2.45) is 0 Å². The zero-order chi connectivity index (χ0) is 18.5. The number of rotatable bonds is 8. The Kier molecular flexibility index (Phi) is 6.29. The highest BCUT2D eigenvalue weighted by molar-refractivity contribution is 7.73. The number of methoxy groups -OCH3 is 2. The molecule has 8 heteroatoms. The molecule has 1 aromatic carbocycles. The maximum absolute atomic E-state index is 5.60. The first kappa shape index (κ1) is 18.9. The molecule has 1 aliphatic rings. The van der Waals surface area contributed by atoms with E-state index in [1.165, 1.54) is 28.2 Å². The molecule has 2 aromatic rings. The number of nitrogens with zero attached hydrogens (tertiary/aromatic N) is 2. The van der Waals surface area contributed by atoms with Gasteiger partial charge < -0.3 is 19.7 Å². The van der Waals surface area contributed by atoms with Gasteiger partial charge in [0.1, 0.15) is 17.5 Å². The van der Waals surface area contributed by atoms with E-state index in [1.807, 2.05) is 22.9 Å². The van der Waals surface area contributed by atoms with E-state index in [0.29, 0.717) is 12.6 Å². The summed E-state index contributed by atoms with van der Waals surface area (Å²) in [4.78, 5) is 1.44. The highest BCUT2D eigenvalue weighted by Gasteiger charge is 2.33. The number of anilines is 1. The molecule has 3 rings (SSSR count). The molecule has 0 bridgehead atoms. The van der Waals surface area contributed by atoms with Crippen molar-refractivity contribution in [2.75, 3.05) is 32.6 Å². The number of hydrogen-bond donors (Lipinski definition) is 2. The maximum Gasteiger partial charge on any atom is 0.205 e. The second-order valence-electron chi connectivity index (χ2n) is 6.21. The SMILES string of the molecule is C=CCNc1nn(C[NH+]2CCC[C@@H]2c2cc(OC)ccc2OC)c(=S)s1. The Hall–Kier alpha value is -1.90. The van der Waals surface area contributed by atoms with Crippen molar-refractivity contribution in [2.45, 2.75) is 25.6 Å². The van der Waals surface area contributed by atoms with Crippen LogP contribution in [0, 0.1) is 3.95 Å². The lowest BCUT2D eigenvalue weighted by Gasteiger charge is -2.23. The molecule has 2 heterocycles. The molecule has 0 radical (unpaired) electrons. The number of nitrogens with one attached hydrogen (secondary N) is 2. The minimum Gasteiger partial charge on any atom is -0.497 e. The number of ether oxygens (including phenoxy) is 2. The van der Waals surface area contributed by atoms with Gasteiger partial charge in [-0.25, -0.2) is 0 Å². The van der Waals surface area contributed by atoms with Crippen LogP contribution in [0.3, 0.4) is 0 Å². The number of benzene rings is 1. The Morgan fingerprint density at radius 3 is 3.04 bits per heavy atom. The van der Waals surface area contributed by atoms with Gasteiger partial charge in [-0.05, 0) is 30.4 Å². The third-order valence-electron chi connectivity index (χ3n) is 4.65. The van der Waals surface area contributed by atoms with Gasteiger partial charge in [0, 0.05) is 19.4 Å². The van der Waals surface area contributed by atoms with Gasteiger partial charge in [-0.3, -0.25) is 0 Å². The van der Waals surface area contributed by atoms with Gasteiger partial charge in [-0.2, -0.15) is 4.68 Å². The molecular weight excluding hydrogens is 368 g/mol. The summed E-state index contributed by atoms with van der Waals surface area (Å²) in [6.07, 6.45) is 4.09. The molecule has 1 aromatic heterocycles. The largest absolute Gasteiger partial charge is 0.497 e. The number of hydrogen-bond acceptors (Lipinski definition) is 6. The number of quaternary nitrogens is 1. The van der Waals surface area contributed by atoms with Gasteiger partial charge in [0.15, 0.2) is 10.6 Å². The lowest BCUT2D eigenvalue weighted by Crippen LogP contribution is -3.09. The average molecular weight is 394 g/mol. The Bertz CT molecular complexity index is 818. The molecule has 1 saturated heterocycles. The van der Waals surface area contributed by atoms with Gasteiger partial charge in [-0.1, -0.05) is 17.4 Å². The van der Waals surface area contributed by atoms with Gasteiger partial charge >= 0.3 is 0 Å². The van der Waals surface area contributed by atoms with Crippen molar-refractivity contribution in [3.8, 4) is 11.5 Å². The fourth-order valence-corrected chi connectivity index (χ4v) is 4.43. The summed E-state index contributed by atoms with van der Waals surface area (Å²) in [5, 5.41) is 8.66. The molecule has 0 spiro atoms. The molecule has 26 heavy (non-hydrogen) atoms. The van der Waals surface area contributed by atoms with Crippen LogP contribution < -0.4 is 19.7 Å². The summed E-state index contributed by atoms with van der Waals surface area (Å²) in [7, 11) is 3.41. The van der Waals surface area contributed by atoms with E-state index in [-0.39, 0.29) is 0 Å². The zero-order valence-corrected chi connectivity index (χ0v) is 16.8. The van der Waals surface area contributed by atoms with Crippen LogP contribution in [0.25, 0.3) is 0 Å². The standard InChI is InChI=1S/C18H24N4O2S2/c1-4-9-19-17-20-22(18(25)26-17)12-21-10-5-6-15(21)14-11-13(23-2)7-8-16(14)24-3/h4,7-8,11,15H,1,5-6,9-10,12H2,2-3H3,(H,19,20)/p+1/t15-/m1/s1. The van der Waals surface area contributed by atoms with Gasteiger partial charge in [0.05, 0.1) is 26.3 Å². The molecule has 6 nitrogen and oxygen atoms in total. The molecule has 0 amide bonds. The van der Waals surface area contributed by atoms with E-state index in [4.69, 9.17) is 21.7 Å². The molecule has 0 saturated carbocycles. The number of likely N-dealkylation sites (tertiary alicyclic amines) is 1. The molecule has 0 aliphatic carbocycles. The summed E-state index contributed by atoms with van der Waals surface area (Å²) in [5.41, 5.74) is 1.19. The Morgan fingerprint density at radius 1 is 1.46 bits per heavy atom. The van der Waals surface area contributed by atoms with E-state index in [1.54, 1.807) is 14.2 Å². The highest BCUT2D eigenvalue weighted by atomic mass is 32.1. The second-order valence-corrected chi connectivity index (χ2v) is 7.83. The lowest BCUT2D eigenvalue weighted by atomic mass is 10.0. The predicted molar refractivity (Wildman–Crippen MR) is 107 cm³/mol. The third kappa shape index (κ3) is 4.08. The monoisotopic (exact) mass is 393 g/mol. The fraction of sp³-hybridized carbons (Fsp3) is 0.444. The van der Waals surface area contributed by atoms with Crippen LogP contribution in [-0.4, -0.2) is 37.1 Å². The van der Waals surface area contributed by atoms with E-state index >= 15 is 0 Å². The molecule has 140 valence electrons. The fourth-order valence-electron chi connectivity index (χ4n) is 3.42. The Morgan fingerprint density at radius 2 is 2.31 bits per heavy atom. The summed E-state index contributed by atoms with van der Waals surface area (Å²) >= 11 is 6.99. The van der Waals surface area contributed by atoms with Crippen LogP contribution in [0.5, 0.6) is 11.5 Å².